The van der Waals surface area contributed by atoms with Crippen LogP contribution in [0.5, 0.6) is 0 Å². The van der Waals surface area contributed by atoms with E-state index in [1.54, 1.807) is 0 Å². The maximum absolute atomic E-state index is 13.4. The average molecular weight is 430 g/mol. The minimum Gasteiger partial charge on any atom is -0.309 e. The predicted octanol–water partition coefficient (Wildman–Crippen LogP) is 4.95. The van der Waals surface area contributed by atoms with E-state index in [0.717, 1.165) is 49.6 Å². The number of fused-ring (bicyclic) bond motifs is 1. The Morgan fingerprint density at radius 3 is 2.48 bits per heavy atom. The van der Waals surface area contributed by atoms with E-state index >= 15 is 0 Å². The van der Waals surface area contributed by atoms with E-state index in [4.69, 9.17) is 0 Å². The van der Waals surface area contributed by atoms with Crippen LogP contribution in [0.15, 0.2) is 30.3 Å². The second kappa shape index (κ2) is 8.11. The highest BCUT2D eigenvalue weighted by molar-refractivity contribution is 5.79. The molecule has 3 aromatic rings. The Morgan fingerprint density at radius 1 is 0.968 bits per heavy atom. The second-order valence-corrected chi connectivity index (χ2v) is 8.38. The zero-order chi connectivity index (χ0) is 21.4. The van der Waals surface area contributed by atoms with Crippen molar-refractivity contribution in [1.82, 2.24) is 24.4 Å². The summed E-state index contributed by atoms with van der Waals surface area (Å²) in [5.74, 6) is 0.508. The van der Waals surface area contributed by atoms with Crippen LogP contribution in [0.3, 0.4) is 0 Å². The van der Waals surface area contributed by atoms with Gasteiger partial charge in [0.15, 0.2) is 0 Å². The average Bonchev–Trinajstić information content (AvgIpc) is 3.55. The lowest BCUT2D eigenvalue weighted by atomic mass is 10.1. The first-order valence-corrected chi connectivity index (χ1v) is 10.9. The SMILES string of the molecule is FC(F)(F)c1cc(C2CC2)nc(Nc2nc3ccccc3n2CCN2CCCCC2)n1. The molecule has 1 aromatic carbocycles. The Bertz CT molecular complexity index is 1070. The number of halogens is 3. The molecule has 5 rings (SSSR count). The van der Waals surface area contributed by atoms with Crippen LogP contribution < -0.4 is 5.32 Å². The fourth-order valence-electron chi connectivity index (χ4n) is 4.18. The Labute approximate surface area is 178 Å². The largest absolute Gasteiger partial charge is 0.433 e. The Balaban J connectivity index is 1.46. The summed E-state index contributed by atoms with van der Waals surface area (Å²) >= 11 is 0. The molecule has 1 aliphatic heterocycles. The van der Waals surface area contributed by atoms with Crippen LogP contribution >= 0.6 is 0 Å². The number of piperidine rings is 1. The van der Waals surface area contributed by atoms with Crippen LogP contribution in [0, 0.1) is 0 Å². The van der Waals surface area contributed by atoms with Gasteiger partial charge in [0, 0.05) is 24.7 Å². The third kappa shape index (κ3) is 4.51. The predicted molar refractivity (Wildman–Crippen MR) is 112 cm³/mol. The summed E-state index contributed by atoms with van der Waals surface area (Å²) in [5.41, 5.74) is 1.26. The van der Waals surface area contributed by atoms with Crippen molar-refractivity contribution in [2.75, 3.05) is 25.0 Å². The molecule has 0 unspecified atom stereocenters. The van der Waals surface area contributed by atoms with E-state index < -0.39 is 11.9 Å². The van der Waals surface area contributed by atoms with Crippen molar-refractivity contribution in [2.24, 2.45) is 0 Å². The highest BCUT2D eigenvalue weighted by atomic mass is 19.4. The first-order chi connectivity index (χ1) is 15.0. The molecule has 0 spiro atoms. The van der Waals surface area contributed by atoms with E-state index in [0.29, 0.717) is 18.2 Å². The first-order valence-electron chi connectivity index (χ1n) is 10.9. The van der Waals surface area contributed by atoms with E-state index in [-0.39, 0.29) is 11.9 Å². The number of alkyl halides is 3. The zero-order valence-corrected chi connectivity index (χ0v) is 17.2. The molecule has 3 heterocycles. The number of imidazole rings is 1. The van der Waals surface area contributed by atoms with Gasteiger partial charge in [0.05, 0.1) is 11.0 Å². The molecular weight excluding hydrogens is 405 g/mol. The summed E-state index contributed by atoms with van der Waals surface area (Å²) in [7, 11) is 0. The normalized spacial score (nSPS) is 17.9. The van der Waals surface area contributed by atoms with Crippen molar-refractivity contribution in [1.29, 1.82) is 0 Å². The van der Waals surface area contributed by atoms with E-state index in [2.05, 4.69) is 25.2 Å². The van der Waals surface area contributed by atoms with Gasteiger partial charge in [-0.05, 0) is 57.0 Å². The number of benzene rings is 1. The van der Waals surface area contributed by atoms with Gasteiger partial charge >= 0.3 is 6.18 Å². The summed E-state index contributed by atoms with van der Waals surface area (Å²) in [6.45, 7) is 3.72. The summed E-state index contributed by atoms with van der Waals surface area (Å²) < 4.78 is 42.2. The monoisotopic (exact) mass is 430 g/mol. The number of rotatable bonds is 6. The minimum atomic E-state index is -4.52. The lowest BCUT2D eigenvalue weighted by Crippen LogP contribution is -2.32. The number of likely N-dealkylation sites (tertiary alicyclic amines) is 1. The van der Waals surface area contributed by atoms with E-state index in [1.807, 2.05) is 28.8 Å². The van der Waals surface area contributed by atoms with Crippen molar-refractivity contribution in [3.8, 4) is 0 Å². The molecule has 31 heavy (non-hydrogen) atoms. The van der Waals surface area contributed by atoms with Crippen LogP contribution in [0.25, 0.3) is 11.0 Å². The van der Waals surface area contributed by atoms with Crippen LogP contribution in [0.2, 0.25) is 0 Å². The Kier molecular flexibility index (Phi) is 5.29. The topological polar surface area (TPSA) is 58.9 Å². The fraction of sp³-hybridized carbons (Fsp3) is 0.500. The van der Waals surface area contributed by atoms with Crippen molar-refractivity contribution in [2.45, 2.75) is 50.7 Å². The standard InChI is InChI=1S/C22H25F3N6/c23-22(24,25)19-14-17(15-8-9-15)26-20(28-19)29-21-27-16-6-2-3-7-18(16)31(21)13-12-30-10-4-1-5-11-30/h2-3,6-7,14-15H,1,4-5,8-13H2,(H,26,27,28,29). The van der Waals surface area contributed by atoms with Gasteiger partial charge in [0.2, 0.25) is 11.9 Å². The van der Waals surface area contributed by atoms with Gasteiger partial charge < -0.3 is 9.47 Å². The van der Waals surface area contributed by atoms with Gasteiger partial charge in [0.1, 0.15) is 5.69 Å². The number of aromatic nitrogens is 4. The first kappa shape index (κ1) is 20.2. The lowest BCUT2D eigenvalue weighted by molar-refractivity contribution is -0.141. The molecule has 164 valence electrons. The summed E-state index contributed by atoms with van der Waals surface area (Å²) in [4.78, 5) is 15.2. The van der Waals surface area contributed by atoms with Gasteiger partial charge in [0.25, 0.3) is 0 Å². The maximum Gasteiger partial charge on any atom is 0.433 e. The number of hydrogen-bond acceptors (Lipinski definition) is 5. The number of anilines is 2. The second-order valence-electron chi connectivity index (χ2n) is 8.38. The van der Waals surface area contributed by atoms with Crippen molar-refractivity contribution >= 4 is 22.9 Å². The molecule has 0 radical (unpaired) electrons. The van der Waals surface area contributed by atoms with E-state index in [1.165, 1.54) is 19.3 Å². The summed E-state index contributed by atoms with van der Waals surface area (Å²) in [6.07, 6.45) is 0.894. The molecular formula is C22H25F3N6. The smallest absolute Gasteiger partial charge is 0.309 e. The third-order valence-corrected chi connectivity index (χ3v) is 6.00. The van der Waals surface area contributed by atoms with Gasteiger partial charge in [-0.25, -0.2) is 15.0 Å². The summed E-state index contributed by atoms with van der Waals surface area (Å²) in [6, 6.07) is 8.80. The molecule has 0 atom stereocenters. The highest BCUT2D eigenvalue weighted by Crippen LogP contribution is 2.41. The minimum absolute atomic E-state index is 0.0498. The van der Waals surface area contributed by atoms with Gasteiger partial charge in [-0.2, -0.15) is 13.2 Å². The van der Waals surface area contributed by atoms with Crippen molar-refractivity contribution in [3.63, 3.8) is 0 Å². The fourth-order valence-corrected chi connectivity index (χ4v) is 4.18. The molecule has 6 nitrogen and oxygen atoms in total. The molecule has 1 aliphatic carbocycles. The van der Waals surface area contributed by atoms with Crippen LogP contribution in [0.4, 0.5) is 25.1 Å². The van der Waals surface area contributed by atoms with Crippen LogP contribution in [-0.4, -0.2) is 44.1 Å². The van der Waals surface area contributed by atoms with Crippen molar-refractivity contribution < 1.29 is 13.2 Å². The lowest BCUT2D eigenvalue weighted by Gasteiger charge is -2.26. The van der Waals surface area contributed by atoms with Gasteiger partial charge in [-0.15, -0.1) is 0 Å². The van der Waals surface area contributed by atoms with Crippen LogP contribution in [0.1, 0.15) is 49.4 Å². The molecule has 9 heteroatoms. The number of nitrogens with one attached hydrogen (secondary N) is 1. The molecule has 2 aliphatic rings. The molecule has 1 N–H and O–H groups in total. The van der Waals surface area contributed by atoms with E-state index in [9.17, 15) is 13.2 Å². The zero-order valence-electron chi connectivity index (χ0n) is 17.2. The van der Waals surface area contributed by atoms with Crippen LogP contribution in [-0.2, 0) is 12.7 Å². The molecule has 2 aromatic heterocycles. The third-order valence-electron chi connectivity index (χ3n) is 6.00. The molecule has 0 bridgehead atoms. The number of hydrogen-bond donors (Lipinski definition) is 1. The molecule has 0 amide bonds. The Hall–Kier alpha value is -2.68. The molecule has 1 saturated carbocycles. The molecule has 2 fully saturated rings. The quantitative estimate of drug-likeness (QED) is 0.600. The maximum atomic E-state index is 13.4. The highest BCUT2D eigenvalue weighted by Gasteiger charge is 2.36. The number of para-hydroxylation sites is 2. The summed E-state index contributed by atoms with van der Waals surface area (Å²) in [5, 5.41) is 3.00. The Morgan fingerprint density at radius 2 is 1.74 bits per heavy atom. The van der Waals surface area contributed by atoms with Crippen molar-refractivity contribution in [3.05, 3.63) is 41.7 Å². The van der Waals surface area contributed by atoms with Gasteiger partial charge in [-0.1, -0.05) is 18.6 Å². The molecule has 1 saturated heterocycles. The van der Waals surface area contributed by atoms with Gasteiger partial charge in [-0.3, -0.25) is 5.32 Å². The number of nitrogens with zero attached hydrogens (tertiary/aromatic N) is 5.